The zero-order valence-corrected chi connectivity index (χ0v) is 13.6. The largest absolute Gasteiger partial charge is 0.436 e. The third kappa shape index (κ3) is 3.04. The van der Waals surface area contributed by atoms with Crippen molar-refractivity contribution < 1.29 is 18.8 Å². The number of pyridine rings is 1. The van der Waals surface area contributed by atoms with Crippen LogP contribution < -0.4 is 10.6 Å². The topological polar surface area (TPSA) is 114 Å². The van der Waals surface area contributed by atoms with Gasteiger partial charge in [0.15, 0.2) is 5.58 Å². The second-order valence-corrected chi connectivity index (χ2v) is 5.92. The van der Waals surface area contributed by atoms with Crippen molar-refractivity contribution in [2.45, 2.75) is 18.9 Å². The summed E-state index contributed by atoms with van der Waals surface area (Å²) < 4.78 is 5.68. The summed E-state index contributed by atoms with van der Waals surface area (Å²) in [6.45, 7) is 0. The van der Waals surface area contributed by atoms with E-state index in [4.69, 9.17) is 4.42 Å². The number of amides is 3. The normalized spacial score (nSPS) is 17.2. The number of rotatable bonds is 3. The molecule has 3 amide bonds. The lowest BCUT2D eigenvalue weighted by Crippen LogP contribution is -2.52. The summed E-state index contributed by atoms with van der Waals surface area (Å²) in [5.41, 5.74) is 2.16. The van der Waals surface area contributed by atoms with Crippen molar-refractivity contribution >= 4 is 28.8 Å². The maximum Gasteiger partial charge on any atom is 0.252 e. The molecule has 1 aromatic carbocycles. The molecule has 4 rings (SSSR count). The molecule has 0 saturated carbocycles. The Kier molecular flexibility index (Phi) is 3.92. The van der Waals surface area contributed by atoms with E-state index in [1.165, 1.54) is 0 Å². The number of imide groups is 1. The quantitative estimate of drug-likeness (QED) is 0.691. The fourth-order valence-electron chi connectivity index (χ4n) is 2.75. The molecule has 0 radical (unpaired) electrons. The van der Waals surface area contributed by atoms with Gasteiger partial charge >= 0.3 is 0 Å². The molecule has 0 aliphatic carbocycles. The lowest BCUT2D eigenvalue weighted by molar-refractivity contribution is -0.134. The van der Waals surface area contributed by atoms with E-state index >= 15 is 0 Å². The van der Waals surface area contributed by atoms with E-state index in [1.807, 2.05) is 6.07 Å². The van der Waals surface area contributed by atoms with Crippen LogP contribution >= 0.6 is 0 Å². The molecule has 8 nitrogen and oxygen atoms in total. The molecule has 2 aromatic heterocycles. The molecule has 1 aliphatic rings. The summed E-state index contributed by atoms with van der Waals surface area (Å²) in [5, 5.41) is 4.85. The van der Waals surface area contributed by atoms with Crippen molar-refractivity contribution in [1.82, 2.24) is 20.6 Å². The van der Waals surface area contributed by atoms with E-state index in [0.29, 0.717) is 22.6 Å². The Morgan fingerprint density at radius 1 is 1.27 bits per heavy atom. The van der Waals surface area contributed by atoms with Gasteiger partial charge < -0.3 is 9.73 Å². The van der Waals surface area contributed by atoms with Crippen LogP contribution in [0.4, 0.5) is 0 Å². The highest BCUT2D eigenvalue weighted by Gasteiger charge is 2.28. The predicted molar refractivity (Wildman–Crippen MR) is 90.9 cm³/mol. The second-order valence-electron chi connectivity index (χ2n) is 5.92. The van der Waals surface area contributed by atoms with Crippen molar-refractivity contribution in [3.05, 3.63) is 48.3 Å². The zero-order chi connectivity index (χ0) is 18.1. The molecule has 1 unspecified atom stereocenters. The first-order valence-corrected chi connectivity index (χ1v) is 8.06. The average Bonchev–Trinajstić information content (AvgIpc) is 3.08. The molecular formula is C18H14N4O4. The Labute approximate surface area is 147 Å². The maximum absolute atomic E-state index is 12.4. The third-order valence-electron chi connectivity index (χ3n) is 4.10. The number of carbonyl (C=O) groups is 3. The lowest BCUT2D eigenvalue weighted by atomic mass is 10.1. The molecule has 3 heterocycles. The predicted octanol–water partition coefficient (Wildman–Crippen LogP) is 1.42. The minimum atomic E-state index is -0.723. The van der Waals surface area contributed by atoms with Crippen LogP contribution in [0.1, 0.15) is 23.2 Å². The van der Waals surface area contributed by atoms with Gasteiger partial charge in [0.1, 0.15) is 11.6 Å². The lowest BCUT2D eigenvalue weighted by Gasteiger charge is -2.21. The van der Waals surface area contributed by atoms with Crippen LogP contribution in [0.2, 0.25) is 0 Å². The number of piperidine rings is 1. The fraction of sp³-hybridized carbons (Fsp3) is 0.167. The number of aromatic nitrogens is 2. The number of fused-ring (bicyclic) bond motifs is 1. The first-order chi connectivity index (χ1) is 12.6. The maximum atomic E-state index is 12.4. The van der Waals surface area contributed by atoms with Gasteiger partial charge in [-0.2, -0.15) is 0 Å². The van der Waals surface area contributed by atoms with Crippen LogP contribution in [-0.2, 0) is 9.59 Å². The number of hydrogen-bond acceptors (Lipinski definition) is 6. The molecule has 26 heavy (non-hydrogen) atoms. The van der Waals surface area contributed by atoms with Gasteiger partial charge in [-0.25, -0.2) is 4.98 Å². The van der Waals surface area contributed by atoms with Gasteiger partial charge in [0.25, 0.3) is 5.91 Å². The Bertz CT molecular complexity index is 1010. The molecule has 1 saturated heterocycles. The fourth-order valence-corrected chi connectivity index (χ4v) is 2.75. The molecule has 2 N–H and O–H groups in total. The third-order valence-corrected chi connectivity index (χ3v) is 4.10. The Morgan fingerprint density at radius 2 is 2.15 bits per heavy atom. The molecule has 1 fully saturated rings. The molecular weight excluding hydrogens is 336 g/mol. The number of nitrogens with zero attached hydrogens (tertiary/aromatic N) is 2. The van der Waals surface area contributed by atoms with Crippen LogP contribution in [0.5, 0.6) is 0 Å². The van der Waals surface area contributed by atoms with E-state index in [1.54, 1.807) is 36.7 Å². The van der Waals surface area contributed by atoms with Crippen molar-refractivity contribution in [2.24, 2.45) is 0 Å². The SMILES string of the molecule is O=C1CCC(NC(=O)c2ccc3oc(-c4cccnc4)nc3c2)C(=O)N1. The van der Waals surface area contributed by atoms with Crippen LogP contribution in [0.25, 0.3) is 22.6 Å². The van der Waals surface area contributed by atoms with Gasteiger partial charge in [-0.05, 0) is 36.8 Å². The summed E-state index contributed by atoms with van der Waals surface area (Å²) >= 11 is 0. The smallest absolute Gasteiger partial charge is 0.252 e. The van der Waals surface area contributed by atoms with Crippen LogP contribution in [-0.4, -0.2) is 33.7 Å². The number of oxazole rings is 1. The molecule has 8 heteroatoms. The van der Waals surface area contributed by atoms with Crippen molar-refractivity contribution in [3.8, 4) is 11.5 Å². The van der Waals surface area contributed by atoms with Gasteiger partial charge in [-0.1, -0.05) is 0 Å². The van der Waals surface area contributed by atoms with E-state index in [-0.39, 0.29) is 18.7 Å². The molecule has 0 bridgehead atoms. The molecule has 0 spiro atoms. The van der Waals surface area contributed by atoms with E-state index in [0.717, 1.165) is 5.56 Å². The Morgan fingerprint density at radius 3 is 2.92 bits per heavy atom. The summed E-state index contributed by atoms with van der Waals surface area (Å²) in [7, 11) is 0. The second kappa shape index (κ2) is 6.40. The van der Waals surface area contributed by atoms with E-state index < -0.39 is 17.9 Å². The standard InChI is InChI=1S/C18H14N4O4/c23-15-6-4-12(17(25)22-15)20-16(24)10-3-5-14-13(8-10)21-18(26-14)11-2-1-7-19-9-11/h1-3,5,7-9,12H,4,6H2,(H,20,24)(H,22,23,25). The molecule has 1 atom stereocenters. The van der Waals surface area contributed by atoms with Gasteiger partial charge in [0, 0.05) is 24.4 Å². The molecule has 130 valence electrons. The number of carbonyl (C=O) groups excluding carboxylic acids is 3. The summed E-state index contributed by atoms with van der Waals surface area (Å²) in [4.78, 5) is 43.8. The average molecular weight is 350 g/mol. The highest BCUT2D eigenvalue weighted by Crippen LogP contribution is 2.24. The zero-order valence-electron chi connectivity index (χ0n) is 13.6. The molecule has 3 aromatic rings. The van der Waals surface area contributed by atoms with Crippen molar-refractivity contribution in [1.29, 1.82) is 0 Å². The van der Waals surface area contributed by atoms with Crippen LogP contribution in [0.15, 0.2) is 47.1 Å². The summed E-state index contributed by atoms with van der Waals surface area (Å²) in [5.74, 6) is -0.813. The Hall–Kier alpha value is -3.55. The van der Waals surface area contributed by atoms with E-state index in [9.17, 15) is 14.4 Å². The first-order valence-electron chi connectivity index (χ1n) is 8.06. The minimum Gasteiger partial charge on any atom is -0.436 e. The van der Waals surface area contributed by atoms with Gasteiger partial charge in [-0.3, -0.25) is 24.7 Å². The number of benzene rings is 1. The molecule has 1 aliphatic heterocycles. The monoisotopic (exact) mass is 350 g/mol. The van der Waals surface area contributed by atoms with Crippen LogP contribution in [0.3, 0.4) is 0 Å². The Balaban J connectivity index is 1.56. The number of nitrogens with one attached hydrogen (secondary N) is 2. The van der Waals surface area contributed by atoms with Crippen molar-refractivity contribution in [2.75, 3.05) is 0 Å². The highest BCUT2D eigenvalue weighted by molar-refractivity contribution is 6.04. The van der Waals surface area contributed by atoms with Crippen molar-refractivity contribution in [3.63, 3.8) is 0 Å². The summed E-state index contributed by atoms with van der Waals surface area (Å²) in [6, 6.07) is 7.74. The van der Waals surface area contributed by atoms with Gasteiger partial charge in [0.2, 0.25) is 17.7 Å². The van der Waals surface area contributed by atoms with Crippen LogP contribution in [0, 0.1) is 0 Å². The van der Waals surface area contributed by atoms with E-state index in [2.05, 4.69) is 20.6 Å². The summed E-state index contributed by atoms with van der Waals surface area (Å²) in [6.07, 6.45) is 3.78. The van der Waals surface area contributed by atoms with Gasteiger partial charge in [-0.15, -0.1) is 0 Å². The number of hydrogen-bond donors (Lipinski definition) is 2. The minimum absolute atomic E-state index is 0.202. The highest BCUT2D eigenvalue weighted by atomic mass is 16.3. The first kappa shape index (κ1) is 15.9. The van der Waals surface area contributed by atoms with Gasteiger partial charge in [0.05, 0.1) is 5.56 Å².